The van der Waals surface area contributed by atoms with Gasteiger partial charge in [0.1, 0.15) is 5.75 Å². The van der Waals surface area contributed by atoms with Crippen molar-refractivity contribution in [2.24, 2.45) is 5.10 Å². The Labute approximate surface area is 232 Å². The average Bonchev–Trinajstić information content (AvgIpc) is 3.43. The number of ether oxygens (including phenoxy) is 1. The standard InChI is InChI=1S/C33H30BrN3O/c34-28-15-16-32-29(21-28)31-22-30(27-13-11-26(12-14-27)25-9-5-2-6-10-25)35-37(31)33(38-32)17-19-36(20-18-33)23-24-7-3-1-4-8-24/h1-16,21,31H,17-20,22-23H2/t31-/m0/s1. The predicted octanol–water partition coefficient (Wildman–Crippen LogP) is 7.65. The summed E-state index contributed by atoms with van der Waals surface area (Å²) in [6.07, 6.45) is 2.73. The Morgan fingerprint density at radius 3 is 2.18 bits per heavy atom. The third-order valence-corrected chi connectivity index (χ3v) is 8.66. The monoisotopic (exact) mass is 563 g/mol. The summed E-state index contributed by atoms with van der Waals surface area (Å²) in [4.78, 5) is 2.54. The Balaban J connectivity index is 1.18. The molecule has 1 atom stereocenters. The molecule has 0 saturated carbocycles. The topological polar surface area (TPSA) is 28.1 Å². The lowest BCUT2D eigenvalue weighted by molar-refractivity contribution is -0.150. The first kappa shape index (κ1) is 23.7. The summed E-state index contributed by atoms with van der Waals surface area (Å²) in [5, 5.41) is 7.60. The molecule has 4 nitrogen and oxygen atoms in total. The Kier molecular flexibility index (Phi) is 6.06. The van der Waals surface area contributed by atoms with E-state index in [1.807, 2.05) is 0 Å². The van der Waals surface area contributed by atoms with Crippen molar-refractivity contribution in [1.82, 2.24) is 9.91 Å². The highest BCUT2D eigenvalue weighted by Gasteiger charge is 2.51. The van der Waals surface area contributed by atoms with Crippen molar-refractivity contribution in [3.8, 4) is 16.9 Å². The minimum atomic E-state index is -0.412. The van der Waals surface area contributed by atoms with Crippen LogP contribution in [0.3, 0.4) is 0 Å². The number of likely N-dealkylation sites (tertiary alicyclic amines) is 1. The van der Waals surface area contributed by atoms with E-state index in [4.69, 9.17) is 9.84 Å². The number of nitrogens with zero attached hydrogens (tertiary/aromatic N) is 3. The van der Waals surface area contributed by atoms with Gasteiger partial charge < -0.3 is 4.74 Å². The van der Waals surface area contributed by atoms with Crippen LogP contribution in [0, 0.1) is 0 Å². The lowest BCUT2D eigenvalue weighted by Gasteiger charge is -2.51. The van der Waals surface area contributed by atoms with E-state index >= 15 is 0 Å². The first-order valence-corrected chi connectivity index (χ1v) is 14.2. The van der Waals surface area contributed by atoms with Gasteiger partial charge in [-0.05, 0) is 40.5 Å². The van der Waals surface area contributed by atoms with Crippen LogP contribution in [0.25, 0.3) is 11.1 Å². The third-order valence-electron chi connectivity index (χ3n) is 8.17. The van der Waals surface area contributed by atoms with Crippen molar-refractivity contribution >= 4 is 21.6 Å². The van der Waals surface area contributed by atoms with Crippen LogP contribution in [0.2, 0.25) is 0 Å². The van der Waals surface area contributed by atoms with Crippen molar-refractivity contribution in [3.63, 3.8) is 0 Å². The lowest BCUT2D eigenvalue weighted by atomic mass is 9.90. The van der Waals surface area contributed by atoms with E-state index < -0.39 is 5.72 Å². The zero-order valence-corrected chi connectivity index (χ0v) is 22.8. The molecule has 1 saturated heterocycles. The van der Waals surface area contributed by atoms with Crippen LogP contribution in [0.5, 0.6) is 5.75 Å². The molecule has 5 heteroatoms. The minimum absolute atomic E-state index is 0.181. The molecule has 4 aromatic rings. The molecule has 190 valence electrons. The van der Waals surface area contributed by atoms with Gasteiger partial charge in [-0.25, -0.2) is 5.01 Å². The summed E-state index contributed by atoms with van der Waals surface area (Å²) in [7, 11) is 0. The van der Waals surface area contributed by atoms with Crippen LogP contribution in [0.15, 0.2) is 113 Å². The molecule has 0 amide bonds. The van der Waals surface area contributed by atoms with Gasteiger partial charge in [0.15, 0.2) is 0 Å². The molecule has 0 N–H and O–H groups in total. The Morgan fingerprint density at radius 1 is 0.789 bits per heavy atom. The highest BCUT2D eigenvalue weighted by molar-refractivity contribution is 9.10. The average molecular weight is 565 g/mol. The molecule has 1 fully saturated rings. The molecule has 0 bridgehead atoms. The largest absolute Gasteiger partial charge is 0.466 e. The number of fused-ring (bicyclic) bond motifs is 4. The lowest BCUT2D eigenvalue weighted by Crippen LogP contribution is -2.59. The van der Waals surface area contributed by atoms with Gasteiger partial charge in [0.2, 0.25) is 5.72 Å². The van der Waals surface area contributed by atoms with Crippen molar-refractivity contribution < 1.29 is 4.74 Å². The zero-order valence-electron chi connectivity index (χ0n) is 21.3. The second-order valence-corrected chi connectivity index (χ2v) is 11.5. The van der Waals surface area contributed by atoms with Gasteiger partial charge in [0, 0.05) is 48.9 Å². The normalized spacial score (nSPS) is 20.0. The van der Waals surface area contributed by atoms with Crippen molar-refractivity contribution in [2.75, 3.05) is 13.1 Å². The molecule has 0 aliphatic carbocycles. The van der Waals surface area contributed by atoms with Gasteiger partial charge in [-0.1, -0.05) is 101 Å². The molecule has 38 heavy (non-hydrogen) atoms. The first-order chi connectivity index (χ1) is 18.7. The van der Waals surface area contributed by atoms with Gasteiger partial charge in [0.05, 0.1) is 11.8 Å². The minimum Gasteiger partial charge on any atom is -0.466 e. The van der Waals surface area contributed by atoms with E-state index in [0.717, 1.165) is 54.8 Å². The Bertz CT molecular complexity index is 1460. The number of benzene rings is 4. The van der Waals surface area contributed by atoms with Crippen LogP contribution >= 0.6 is 15.9 Å². The predicted molar refractivity (Wildman–Crippen MR) is 156 cm³/mol. The van der Waals surface area contributed by atoms with Crippen LogP contribution in [0.1, 0.15) is 42.0 Å². The van der Waals surface area contributed by atoms with Crippen LogP contribution in [0.4, 0.5) is 0 Å². The van der Waals surface area contributed by atoms with Crippen LogP contribution in [-0.2, 0) is 6.54 Å². The number of piperidine rings is 1. The van der Waals surface area contributed by atoms with Crippen molar-refractivity contribution in [2.45, 2.75) is 37.6 Å². The maximum absolute atomic E-state index is 6.86. The summed E-state index contributed by atoms with van der Waals surface area (Å²) in [5.41, 5.74) is 6.95. The number of hydrogen-bond donors (Lipinski definition) is 0. The first-order valence-electron chi connectivity index (χ1n) is 13.4. The summed E-state index contributed by atoms with van der Waals surface area (Å²) in [6, 6.07) is 36.8. The van der Waals surface area contributed by atoms with E-state index in [2.05, 4.69) is 129 Å². The summed E-state index contributed by atoms with van der Waals surface area (Å²) >= 11 is 3.69. The SMILES string of the molecule is Brc1ccc2c(c1)[C@@H]1CC(c3ccc(-c4ccccc4)cc3)=NN1C1(CCN(Cc3ccccc3)CC1)O2. The third kappa shape index (κ3) is 4.34. The van der Waals surface area contributed by atoms with E-state index in [1.54, 1.807) is 0 Å². The number of hydrogen-bond acceptors (Lipinski definition) is 4. The van der Waals surface area contributed by atoms with E-state index in [9.17, 15) is 0 Å². The molecule has 7 rings (SSSR count). The molecule has 3 aliphatic rings. The van der Waals surface area contributed by atoms with Crippen molar-refractivity contribution in [3.05, 3.63) is 124 Å². The smallest absolute Gasteiger partial charge is 0.200 e. The molecule has 1 spiro atoms. The molecule has 0 unspecified atom stereocenters. The Hall–Kier alpha value is -3.41. The maximum Gasteiger partial charge on any atom is 0.200 e. The maximum atomic E-state index is 6.86. The number of hydrazone groups is 1. The van der Waals surface area contributed by atoms with Gasteiger partial charge in [0.25, 0.3) is 0 Å². The number of rotatable bonds is 4. The molecule has 0 radical (unpaired) electrons. The van der Waals surface area contributed by atoms with Crippen molar-refractivity contribution in [1.29, 1.82) is 0 Å². The van der Waals surface area contributed by atoms with Crippen LogP contribution in [-0.4, -0.2) is 34.4 Å². The highest BCUT2D eigenvalue weighted by atomic mass is 79.9. The fourth-order valence-corrected chi connectivity index (χ4v) is 6.52. The summed E-state index contributed by atoms with van der Waals surface area (Å²) in [5.74, 6) is 1.00. The van der Waals surface area contributed by atoms with E-state index in [1.165, 1.54) is 27.8 Å². The summed E-state index contributed by atoms with van der Waals surface area (Å²) < 4.78 is 7.94. The molecule has 3 aliphatic heterocycles. The zero-order chi connectivity index (χ0) is 25.5. The molecular formula is C33H30BrN3O. The molecule has 0 aromatic heterocycles. The fourth-order valence-electron chi connectivity index (χ4n) is 6.15. The second kappa shape index (κ2) is 9.72. The second-order valence-electron chi connectivity index (χ2n) is 10.5. The highest BCUT2D eigenvalue weighted by Crippen LogP contribution is 2.50. The van der Waals surface area contributed by atoms with E-state index in [0.29, 0.717) is 0 Å². The van der Waals surface area contributed by atoms with Gasteiger partial charge in [-0.3, -0.25) is 4.90 Å². The Morgan fingerprint density at radius 2 is 1.45 bits per heavy atom. The fraction of sp³-hybridized carbons (Fsp3) is 0.242. The molecule has 3 heterocycles. The molecular weight excluding hydrogens is 534 g/mol. The van der Waals surface area contributed by atoms with Gasteiger partial charge >= 0.3 is 0 Å². The summed E-state index contributed by atoms with van der Waals surface area (Å²) in [6.45, 7) is 2.95. The van der Waals surface area contributed by atoms with E-state index in [-0.39, 0.29) is 6.04 Å². The van der Waals surface area contributed by atoms with Gasteiger partial charge in [-0.2, -0.15) is 5.10 Å². The van der Waals surface area contributed by atoms with Gasteiger partial charge in [-0.15, -0.1) is 0 Å². The molecule has 4 aromatic carbocycles. The number of halogens is 1. The van der Waals surface area contributed by atoms with Crippen LogP contribution < -0.4 is 4.74 Å². The quantitative estimate of drug-likeness (QED) is 0.255.